The highest BCUT2D eigenvalue weighted by Gasteiger charge is 2.29. The Morgan fingerprint density at radius 3 is 2.53 bits per heavy atom. The molecular weight excluding hydrogens is 423 g/mol. The second-order valence-electron chi connectivity index (χ2n) is 7.43. The lowest BCUT2D eigenvalue weighted by Crippen LogP contribution is -2.42. The number of ether oxygens (including phenoxy) is 1. The summed E-state index contributed by atoms with van der Waals surface area (Å²) in [6.07, 6.45) is 1.17. The first-order valence-electron chi connectivity index (χ1n) is 10.2. The Hall–Kier alpha value is -3.36. The summed E-state index contributed by atoms with van der Waals surface area (Å²) >= 11 is 0. The Morgan fingerprint density at radius 2 is 1.84 bits per heavy atom. The zero-order chi connectivity index (χ0) is 23.0. The van der Waals surface area contributed by atoms with Gasteiger partial charge in [0.1, 0.15) is 0 Å². The fourth-order valence-corrected chi connectivity index (χ4v) is 3.36. The standard InChI is InChI=1S/C23H24F3N3O3/c24-23(25,26)16-32-22-19(7-4-12-27-22)15-28-21(31)18-10-13-29(14-11-18)20(30)9-8-17-5-2-1-3-6-17/h1-9,12,18H,10-11,13-16H2,(H,28,31)/b9-8+. The van der Waals surface area contributed by atoms with Gasteiger partial charge in [-0.1, -0.05) is 36.4 Å². The van der Waals surface area contributed by atoms with E-state index in [4.69, 9.17) is 4.74 Å². The van der Waals surface area contributed by atoms with Crippen LogP contribution in [-0.2, 0) is 16.1 Å². The molecule has 32 heavy (non-hydrogen) atoms. The lowest BCUT2D eigenvalue weighted by Gasteiger charge is -2.30. The van der Waals surface area contributed by atoms with Crippen LogP contribution >= 0.6 is 0 Å². The number of rotatable bonds is 7. The van der Waals surface area contributed by atoms with Crippen molar-refractivity contribution in [1.29, 1.82) is 0 Å². The van der Waals surface area contributed by atoms with E-state index in [1.165, 1.54) is 12.3 Å². The summed E-state index contributed by atoms with van der Waals surface area (Å²) in [5.41, 5.74) is 1.30. The molecule has 3 rings (SSSR count). The number of amides is 2. The minimum absolute atomic E-state index is 0.0127. The van der Waals surface area contributed by atoms with Crippen LogP contribution in [0.15, 0.2) is 54.7 Å². The zero-order valence-electron chi connectivity index (χ0n) is 17.3. The fourth-order valence-electron chi connectivity index (χ4n) is 3.36. The summed E-state index contributed by atoms with van der Waals surface area (Å²) in [7, 11) is 0. The summed E-state index contributed by atoms with van der Waals surface area (Å²) in [6.45, 7) is -0.513. The van der Waals surface area contributed by atoms with Crippen LogP contribution in [0.4, 0.5) is 13.2 Å². The lowest BCUT2D eigenvalue weighted by molar-refractivity contribution is -0.154. The lowest BCUT2D eigenvalue weighted by atomic mass is 9.95. The van der Waals surface area contributed by atoms with Crippen LogP contribution in [0.25, 0.3) is 6.08 Å². The summed E-state index contributed by atoms with van der Waals surface area (Å²) < 4.78 is 41.9. The Balaban J connectivity index is 1.46. The number of nitrogens with zero attached hydrogens (tertiary/aromatic N) is 2. The highest BCUT2D eigenvalue weighted by molar-refractivity contribution is 5.92. The number of hydrogen-bond donors (Lipinski definition) is 1. The van der Waals surface area contributed by atoms with E-state index >= 15 is 0 Å². The monoisotopic (exact) mass is 447 g/mol. The van der Waals surface area contributed by atoms with Crippen molar-refractivity contribution < 1.29 is 27.5 Å². The van der Waals surface area contributed by atoms with Crippen molar-refractivity contribution in [1.82, 2.24) is 15.2 Å². The van der Waals surface area contributed by atoms with Crippen LogP contribution in [0.3, 0.4) is 0 Å². The molecule has 1 aromatic carbocycles. The van der Waals surface area contributed by atoms with Gasteiger partial charge in [-0.15, -0.1) is 0 Å². The number of halogens is 3. The van der Waals surface area contributed by atoms with Gasteiger partial charge in [0.25, 0.3) is 0 Å². The van der Waals surface area contributed by atoms with Crippen molar-refractivity contribution in [2.24, 2.45) is 5.92 Å². The van der Waals surface area contributed by atoms with Crippen LogP contribution < -0.4 is 10.1 Å². The number of carbonyl (C=O) groups is 2. The van der Waals surface area contributed by atoms with E-state index in [1.807, 2.05) is 30.3 Å². The summed E-state index contributed by atoms with van der Waals surface area (Å²) in [6, 6.07) is 12.6. The summed E-state index contributed by atoms with van der Waals surface area (Å²) in [5.74, 6) is -0.735. The molecule has 2 aromatic rings. The van der Waals surface area contributed by atoms with Gasteiger partial charge in [0.05, 0.1) is 0 Å². The number of alkyl halides is 3. The molecule has 1 N–H and O–H groups in total. The molecule has 0 bridgehead atoms. The normalized spacial score (nSPS) is 15.0. The van der Waals surface area contributed by atoms with Crippen molar-refractivity contribution >= 4 is 17.9 Å². The Labute approximate surface area is 184 Å². The van der Waals surface area contributed by atoms with Crippen LogP contribution in [0.2, 0.25) is 0 Å². The van der Waals surface area contributed by atoms with E-state index in [9.17, 15) is 22.8 Å². The SMILES string of the molecule is O=C(NCc1cccnc1OCC(F)(F)F)C1CCN(C(=O)/C=C/c2ccccc2)CC1. The van der Waals surface area contributed by atoms with Crippen LogP contribution in [0.5, 0.6) is 5.88 Å². The molecule has 0 unspecified atom stereocenters. The number of pyridine rings is 1. The molecule has 1 fully saturated rings. The van der Waals surface area contributed by atoms with Crippen molar-refractivity contribution in [3.05, 3.63) is 65.9 Å². The molecule has 2 amide bonds. The third kappa shape index (κ3) is 7.11. The summed E-state index contributed by atoms with van der Waals surface area (Å²) in [5, 5.41) is 2.74. The maximum Gasteiger partial charge on any atom is 0.422 e. The number of aromatic nitrogens is 1. The number of nitrogens with one attached hydrogen (secondary N) is 1. The fraction of sp³-hybridized carbons (Fsp3) is 0.348. The van der Waals surface area contributed by atoms with Gasteiger partial charge in [0, 0.05) is 43.4 Å². The number of carbonyl (C=O) groups excluding carboxylic acids is 2. The third-order valence-electron chi connectivity index (χ3n) is 5.07. The van der Waals surface area contributed by atoms with Crippen molar-refractivity contribution in [2.75, 3.05) is 19.7 Å². The Bertz CT molecular complexity index is 940. The quantitative estimate of drug-likeness (QED) is 0.659. The highest BCUT2D eigenvalue weighted by Crippen LogP contribution is 2.21. The first-order valence-corrected chi connectivity index (χ1v) is 10.2. The highest BCUT2D eigenvalue weighted by atomic mass is 19.4. The predicted molar refractivity (Wildman–Crippen MR) is 112 cm³/mol. The summed E-state index contributed by atoms with van der Waals surface area (Å²) in [4.78, 5) is 30.4. The van der Waals surface area contributed by atoms with Gasteiger partial charge in [-0.2, -0.15) is 13.2 Å². The van der Waals surface area contributed by atoms with Gasteiger partial charge in [0.15, 0.2) is 6.61 Å². The molecule has 0 aliphatic carbocycles. The van der Waals surface area contributed by atoms with Gasteiger partial charge >= 0.3 is 6.18 Å². The topological polar surface area (TPSA) is 71.5 Å². The van der Waals surface area contributed by atoms with E-state index in [0.717, 1.165) is 5.56 Å². The molecule has 0 radical (unpaired) electrons. The second kappa shape index (κ2) is 10.8. The van der Waals surface area contributed by atoms with E-state index in [1.54, 1.807) is 23.1 Å². The van der Waals surface area contributed by atoms with Gasteiger partial charge in [-0.05, 0) is 30.5 Å². The van der Waals surface area contributed by atoms with E-state index in [-0.39, 0.29) is 30.2 Å². The molecule has 1 saturated heterocycles. The van der Waals surface area contributed by atoms with Crippen LogP contribution in [0.1, 0.15) is 24.0 Å². The third-order valence-corrected chi connectivity index (χ3v) is 5.07. The maximum absolute atomic E-state index is 12.5. The molecule has 1 aliphatic rings. The molecule has 170 valence electrons. The molecule has 1 aromatic heterocycles. The van der Waals surface area contributed by atoms with E-state index < -0.39 is 12.8 Å². The van der Waals surface area contributed by atoms with Crippen LogP contribution in [-0.4, -0.2) is 47.6 Å². The predicted octanol–water partition coefficient (Wildman–Crippen LogP) is 3.59. The smallest absolute Gasteiger partial charge is 0.422 e. The average molecular weight is 447 g/mol. The van der Waals surface area contributed by atoms with Crippen molar-refractivity contribution in [2.45, 2.75) is 25.6 Å². The molecular formula is C23H24F3N3O3. The molecule has 0 saturated carbocycles. The Morgan fingerprint density at radius 1 is 1.12 bits per heavy atom. The number of piperidine rings is 1. The minimum atomic E-state index is -4.47. The molecule has 9 heteroatoms. The Kier molecular flexibility index (Phi) is 7.86. The number of benzene rings is 1. The molecule has 0 spiro atoms. The minimum Gasteiger partial charge on any atom is -0.468 e. The van der Waals surface area contributed by atoms with Crippen LogP contribution in [0, 0.1) is 5.92 Å². The van der Waals surface area contributed by atoms with Gasteiger partial charge < -0.3 is 15.0 Å². The first-order chi connectivity index (χ1) is 15.3. The van der Waals surface area contributed by atoms with E-state index in [2.05, 4.69) is 10.3 Å². The second-order valence-corrected chi connectivity index (χ2v) is 7.43. The van der Waals surface area contributed by atoms with Gasteiger partial charge in [-0.25, -0.2) is 4.98 Å². The zero-order valence-corrected chi connectivity index (χ0v) is 17.3. The number of hydrogen-bond acceptors (Lipinski definition) is 4. The molecule has 2 heterocycles. The van der Waals surface area contributed by atoms with Crippen molar-refractivity contribution in [3.8, 4) is 5.88 Å². The molecule has 0 atom stereocenters. The van der Waals surface area contributed by atoms with Crippen molar-refractivity contribution in [3.63, 3.8) is 0 Å². The average Bonchev–Trinajstić information content (AvgIpc) is 2.80. The molecule has 6 nitrogen and oxygen atoms in total. The number of likely N-dealkylation sites (tertiary alicyclic amines) is 1. The van der Waals surface area contributed by atoms with Gasteiger partial charge in [0.2, 0.25) is 17.7 Å². The maximum atomic E-state index is 12.5. The van der Waals surface area contributed by atoms with E-state index in [0.29, 0.717) is 31.5 Å². The largest absolute Gasteiger partial charge is 0.468 e. The first kappa shape index (κ1) is 23.3. The molecule has 1 aliphatic heterocycles. The van der Waals surface area contributed by atoms with Gasteiger partial charge in [-0.3, -0.25) is 9.59 Å².